The van der Waals surface area contributed by atoms with Gasteiger partial charge in [-0.2, -0.15) is 0 Å². The average molecular weight is 202 g/mol. The zero-order valence-electron chi connectivity index (χ0n) is 9.46. The van der Waals surface area contributed by atoms with E-state index in [1.54, 1.807) is 5.56 Å². The van der Waals surface area contributed by atoms with Crippen LogP contribution in [0.4, 0.5) is 5.69 Å². The van der Waals surface area contributed by atoms with Crippen LogP contribution in [0.5, 0.6) is 0 Å². The van der Waals surface area contributed by atoms with Gasteiger partial charge in [-0.25, -0.2) is 0 Å². The quantitative estimate of drug-likeness (QED) is 0.689. The molecule has 1 aromatic carbocycles. The number of anilines is 1. The fraction of sp³-hybridized carbons (Fsp3) is 0.538. The smallest absolute Gasteiger partial charge is 0.0429 e. The summed E-state index contributed by atoms with van der Waals surface area (Å²) in [7, 11) is 2.22. The molecule has 2 heterocycles. The Bertz CT molecular complexity index is 386. The molecular weight excluding hydrogens is 184 g/mol. The fourth-order valence-electron chi connectivity index (χ4n) is 3.23. The molecule has 0 bridgehead atoms. The number of aryl methyl sites for hydroxylation is 1. The molecule has 1 aromatic rings. The molecule has 1 fully saturated rings. The Morgan fingerprint density at radius 1 is 1.33 bits per heavy atom. The van der Waals surface area contributed by atoms with Gasteiger partial charge in [0.15, 0.2) is 0 Å². The summed E-state index contributed by atoms with van der Waals surface area (Å²) in [5, 5.41) is 3.52. The Hall–Kier alpha value is -1.02. The van der Waals surface area contributed by atoms with E-state index in [-0.39, 0.29) is 0 Å². The Morgan fingerprint density at radius 2 is 2.20 bits per heavy atom. The third-order valence-electron chi connectivity index (χ3n) is 3.90. The first-order valence-corrected chi connectivity index (χ1v) is 5.78. The lowest BCUT2D eigenvalue weighted by molar-refractivity contribution is 0.495. The van der Waals surface area contributed by atoms with Gasteiger partial charge in [-0.15, -0.1) is 0 Å². The molecule has 2 aliphatic rings. The van der Waals surface area contributed by atoms with Crippen molar-refractivity contribution >= 4 is 5.69 Å². The van der Waals surface area contributed by atoms with Crippen LogP contribution in [0, 0.1) is 12.8 Å². The molecule has 0 unspecified atom stereocenters. The number of nitrogens with one attached hydrogen (secondary N) is 1. The van der Waals surface area contributed by atoms with Crippen LogP contribution in [0.15, 0.2) is 18.2 Å². The van der Waals surface area contributed by atoms with E-state index in [0.717, 1.165) is 18.4 Å². The third kappa shape index (κ3) is 1.28. The van der Waals surface area contributed by atoms with Gasteiger partial charge in [0.1, 0.15) is 0 Å². The molecule has 0 aromatic heterocycles. The number of nitrogens with zero attached hydrogens (tertiary/aromatic N) is 1. The highest BCUT2D eigenvalue weighted by Gasteiger charge is 2.35. The maximum absolute atomic E-state index is 3.52. The summed E-state index contributed by atoms with van der Waals surface area (Å²) in [5.74, 6) is 1.56. The van der Waals surface area contributed by atoms with Gasteiger partial charge in [0.2, 0.25) is 0 Å². The molecule has 2 nitrogen and oxygen atoms in total. The van der Waals surface area contributed by atoms with Gasteiger partial charge in [-0.1, -0.05) is 18.2 Å². The highest BCUT2D eigenvalue weighted by Crippen LogP contribution is 2.41. The second-order valence-electron chi connectivity index (χ2n) is 4.92. The minimum atomic E-state index is 0.746. The predicted molar refractivity (Wildman–Crippen MR) is 63.5 cm³/mol. The summed E-state index contributed by atoms with van der Waals surface area (Å²) in [4.78, 5) is 2.43. The van der Waals surface area contributed by atoms with Crippen molar-refractivity contribution in [2.45, 2.75) is 12.8 Å². The lowest BCUT2D eigenvalue weighted by atomic mass is 9.83. The van der Waals surface area contributed by atoms with Crippen molar-refractivity contribution in [3.63, 3.8) is 0 Å². The number of rotatable bonds is 0. The van der Waals surface area contributed by atoms with E-state index >= 15 is 0 Å². The van der Waals surface area contributed by atoms with Crippen LogP contribution in [0.25, 0.3) is 0 Å². The maximum atomic E-state index is 3.52. The van der Waals surface area contributed by atoms with E-state index in [1.807, 2.05) is 0 Å². The average Bonchev–Trinajstić information content (AvgIpc) is 2.65. The Morgan fingerprint density at radius 3 is 3.07 bits per heavy atom. The Balaban J connectivity index is 2.14. The van der Waals surface area contributed by atoms with E-state index in [4.69, 9.17) is 0 Å². The number of fused-ring (bicyclic) bond motifs is 3. The van der Waals surface area contributed by atoms with Crippen molar-refractivity contribution in [2.75, 3.05) is 31.6 Å². The topological polar surface area (TPSA) is 15.3 Å². The molecule has 15 heavy (non-hydrogen) atoms. The van der Waals surface area contributed by atoms with Crippen LogP contribution in [-0.2, 0) is 0 Å². The van der Waals surface area contributed by atoms with Crippen molar-refractivity contribution in [3.8, 4) is 0 Å². The van der Waals surface area contributed by atoms with Crippen LogP contribution >= 0.6 is 0 Å². The lowest BCUT2D eigenvalue weighted by Crippen LogP contribution is -2.35. The summed E-state index contributed by atoms with van der Waals surface area (Å²) in [6.07, 6.45) is 0. The monoisotopic (exact) mass is 202 g/mol. The van der Waals surface area contributed by atoms with Gasteiger partial charge in [0.25, 0.3) is 0 Å². The van der Waals surface area contributed by atoms with Crippen LogP contribution in [0.1, 0.15) is 17.0 Å². The summed E-state index contributed by atoms with van der Waals surface area (Å²) >= 11 is 0. The summed E-state index contributed by atoms with van der Waals surface area (Å²) in [5.41, 5.74) is 4.45. The normalized spacial score (nSPS) is 28.8. The van der Waals surface area contributed by atoms with Gasteiger partial charge in [0, 0.05) is 38.3 Å². The van der Waals surface area contributed by atoms with E-state index in [0.29, 0.717) is 0 Å². The standard InChI is InChI=1S/C13H18N2/c1-9-4-3-5-11-12-7-14-6-10(12)8-15(2)13(9)11/h3-5,10,12,14H,6-8H2,1-2H3/t10-,12-/m1/s1. The molecular formula is C13H18N2. The lowest BCUT2D eigenvalue weighted by Gasteiger charge is -2.36. The van der Waals surface area contributed by atoms with Crippen molar-refractivity contribution in [1.82, 2.24) is 5.32 Å². The maximum Gasteiger partial charge on any atom is 0.0429 e. The number of benzene rings is 1. The SMILES string of the molecule is Cc1cccc2c1N(C)C[C@H]1CNC[C@@H]21. The highest BCUT2D eigenvalue weighted by atomic mass is 15.1. The predicted octanol–water partition coefficient (Wildman–Crippen LogP) is 1.75. The van der Waals surface area contributed by atoms with Crippen molar-refractivity contribution < 1.29 is 0 Å². The van der Waals surface area contributed by atoms with Gasteiger partial charge in [-0.05, 0) is 24.0 Å². The summed E-state index contributed by atoms with van der Waals surface area (Å²) in [6.45, 7) is 5.77. The van der Waals surface area contributed by atoms with Crippen LogP contribution in [0.3, 0.4) is 0 Å². The molecule has 2 atom stereocenters. The molecule has 1 saturated heterocycles. The van der Waals surface area contributed by atoms with Crippen LogP contribution in [-0.4, -0.2) is 26.7 Å². The van der Waals surface area contributed by atoms with E-state index in [9.17, 15) is 0 Å². The van der Waals surface area contributed by atoms with Crippen molar-refractivity contribution in [3.05, 3.63) is 29.3 Å². The Labute approximate surface area is 91.3 Å². The number of hydrogen-bond acceptors (Lipinski definition) is 2. The molecule has 3 rings (SSSR count). The number of hydrogen-bond donors (Lipinski definition) is 1. The number of para-hydroxylation sites is 1. The third-order valence-corrected chi connectivity index (χ3v) is 3.90. The first-order chi connectivity index (χ1) is 7.27. The molecule has 0 spiro atoms. The van der Waals surface area contributed by atoms with Crippen LogP contribution < -0.4 is 10.2 Å². The minimum absolute atomic E-state index is 0.746. The second kappa shape index (κ2) is 3.24. The fourth-order valence-corrected chi connectivity index (χ4v) is 3.23. The van der Waals surface area contributed by atoms with E-state index in [1.165, 1.54) is 24.3 Å². The largest absolute Gasteiger partial charge is 0.374 e. The van der Waals surface area contributed by atoms with Gasteiger partial charge >= 0.3 is 0 Å². The van der Waals surface area contributed by atoms with Crippen molar-refractivity contribution in [1.29, 1.82) is 0 Å². The molecule has 1 N–H and O–H groups in total. The molecule has 0 radical (unpaired) electrons. The summed E-state index contributed by atoms with van der Waals surface area (Å²) in [6, 6.07) is 6.73. The molecule has 2 aliphatic heterocycles. The van der Waals surface area contributed by atoms with Gasteiger partial charge < -0.3 is 10.2 Å². The van der Waals surface area contributed by atoms with Crippen molar-refractivity contribution in [2.24, 2.45) is 5.92 Å². The first kappa shape index (κ1) is 9.22. The van der Waals surface area contributed by atoms with E-state index < -0.39 is 0 Å². The first-order valence-electron chi connectivity index (χ1n) is 5.78. The zero-order valence-corrected chi connectivity index (χ0v) is 9.46. The van der Waals surface area contributed by atoms with Gasteiger partial charge in [0.05, 0.1) is 0 Å². The van der Waals surface area contributed by atoms with E-state index in [2.05, 4.69) is 42.4 Å². The molecule has 80 valence electrons. The molecule has 2 heteroatoms. The molecule has 0 saturated carbocycles. The highest BCUT2D eigenvalue weighted by molar-refractivity contribution is 5.62. The summed E-state index contributed by atoms with van der Waals surface area (Å²) < 4.78 is 0. The molecule has 0 amide bonds. The molecule has 0 aliphatic carbocycles. The zero-order chi connectivity index (χ0) is 10.4. The van der Waals surface area contributed by atoms with Crippen LogP contribution in [0.2, 0.25) is 0 Å². The minimum Gasteiger partial charge on any atom is -0.374 e. The second-order valence-corrected chi connectivity index (χ2v) is 4.92. The van der Waals surface area contributed by atoms with Gasteiger partial charge in [-0.3, -0.25) is 0 Å². The Kier molecular flexibility index (Phi) is 1.99.